The van der Waals surface area contributed by atoms with Crippen molar-refractivity contribution in [3.63, 3.8) is 0 Å². The number of rotatable bonds is 6. The molecule has 0 bridgehead atoms. The quantitative estimate of drug-likeness (QED) is 0.168. The summed E-state index contributed by atoms with van der Waals surface area (Å²) in [4.78, 5) is 10.2. The molecule has 0 aliphatic heterocycles. The molecule has 9 aromatic carbocycles. The van der Waals surface area contributed by atoms with E-state index in [9.17, 15) is 0 Å². The number of fused-ring (bicyclic) bond motifs is 9. The van der Waals surface area contributed by atoms with Gasteiger partial charge < -0.3 is 13.7 Å². The fourth-order valence-corrected chi connectivity index (χ4v) is 9.84. The van der Waals surface area contributed by atoms with E-state index in [-0.39, 0.29) is 0 Å². The van der Waals surface area contributed by atoms with Gasteiger partial charge in [0, 0.05) is 54.7 Å². The topological polar surface area (TPSA) is 40.6 Å². The summed E-state index contributed by atoms with van der Waals surface area (Å²) in [5.41, 5.74) is 15.1. The highest BCUT2D eigenvalue weighted by molar-refractivity contribution is 6.15. The van der Waals surface area contributed by atoms with Gasteiger partial charge in [-0.25, -0.2) is 9.97 Å². The first-order valence-electron chi connectivity index (χ1n) is 21.4. The van der Waals surface area contributed by atoms with Gasteiger partial charge in [-0.05, 0) is 60.7 Å². The maximum Gasteiger partial charge on any atom is 0.160 e. The minimum Gasteiger partial charge on any atom is -0.309 e. The lowest BCUT2D eigenvalue weighted by molar-refractivity contribution is 1.09. The first-order valence-corrected chi connectivity index (χ1v) is 21.4. The molecule has 0 fully saturated rings. The first-order chi connectivity index (χ1) is 31.3. The molecule has 13 rings (SSSR count). The molecule has 63 heavy (non-hydrogen) atoms. The maximum atomic E-state index is 5.14. The van der Waals surface area contributed by atoms with Crippen molar-refractivity contribution in [1.29, 1.82) is 0 Å². The summed E-state index contributed by atoms with van der Waals surface area (Å²) in [5, 5.41) is 7.31. The van der Waals surface area contributed by atoms with Gasteiger partial charge in [0.1, 0.15) is 0 Å². The molecule has 5 nitrogen and oxygen atoms in total. The molecule has 13 aromatic rings. The Balaban J connectivity index is 1.07. The number of hydrogen-bond acceptors (Lipinski definition) is 2. The number of nitrogens with zero attached hydrogens (tertiary/aromatic N) is 5. The van der Waals surface area contributed by atoms with E-state index < -0.39 is 0 Å². The normalized spacial score (nSPS) is 11.8. The summed E-state index contributed by atoms with van der Waals surface area (Å²) >= 11 is 0. The summed E-state index contributed by atoms with van der Waals surface area (Å²) < 4.78 is 7.36. The lowest BCUT2D eigenvalue weighted by Crippen LogP contribution is -2.04. The summed E-state index contributed by atoms with van der Waals surface area (Å²) in [6.07, 6.45) is 0. The van der Waals surface area contributed by atoms with Crippen molar-refractivity contribution < 1.29 is 0 Å². The first kappa shape index (κ1) is 35.2. The van der Waals surface area contributed by atoms with Crippen LogP contribution in [0.25, 0.3) is 116 Å². The van der Waals surface area contributed by atoms with E-state index in [0.717, 1.165) is 56.2 Å². The van der Waals surface area contributed by atoms with Gasteiger partial charge in [0.05, 0.1) is 55.9 Å². The molecule has 0 radical (unpaired) electrons. The Morgan fingerprint density at radius 3 is 1.10 bits per heavy atom. The van der Waals surface area contributed by atoms with Crippen LogP contribution in [0.4, 0.5) is 0 Å². The van der Waals surface area contributed by atoms with Crippen LogP contribution in [0.1, 0.15) is 0 Å². The molecule has 0 saturated carbocycles. The molecule has 0 saturated heterocycles. The summed E-state index contributed by atoms with van der Waals surface area (Å²) in [7, 11) is 0. The summed E-state index contributed by atoms with van der Waals surface area (Å²) in [5.74, 6) is 0.704. The molecule has 0 atom stereocenters. The number of hydrogen-bond donors (Lipinski definition) is 0. The fourth-order valence-electron chi connectivity index (χ4n) is 9.84. The van der Waals surface area contributed by atoms with E-state index in [1.54, 1.807) is 0 Å². The van der Waals surface area contributed by atoms with Crippen LogP contribution in [0.15, 0.2) is 224 Å². The molecule has 0 N–H and O–H groups in total. The van der Waals surface area contributed by atoms with Crippen LogP contribution in [0.5, 0.6) is 0 Å². The van der Waals surface area contributed by atoms with Crippen LogP contribution in [-0.4, -0.2) is 23.7 Å². The molecular formula is C58H37N5. The Kier molecular flexibility index (Phi) is 7.84. The largest absolute Gasteiger partial charge is 0.309 e. The standard InChI is InChI=1S/C58H37N5/c1-3-17-38(18-4-1)48-36-49(60-58(59-48)40-19-5-2-6-20-40)39-31-33-41(34-32-39)61-50-26-12-11-25-46(50)47-35-56(62-51-27-13-7-21-42(51)43-22-8-14-28-52(43)62)57(37-55(47)61)63-53-29-15-9-23-44(53)45-24-10-16-30-54(45)63/h1-37H. The molecule has 0 aliphatic rings. The van der Waals surface area contributed by atoms with Gasteiger partial charge in [0.15, 0.2) is 5.82 Å². The Morgan fingerprint density at radius 2 is 0.619 bits per heavy atom. The van der Waals surface area contributed by atoms with Crippen LogP contribution >= 0.6 is 0 Å². The van der Waals surface area contributed by atoms with Gasteiger partial charge >= 0.3 is 0 Å². The minimum absolute atomic E-state index is 0.704. The average molecular weight is 804 g/mol. The van der Waals surface area contributed by atoms with Crippen LogP contribution in [-0.2, 0) is 0 Å². The minimum atomic E-state index is 0.704. The average Bonchev–Trinajstić information content (AvgIpc) is 3.99. The van der Waals surface area contributed by atoms with E-state index in [2.05, 4.69) is 214 Å². The monoisotopic (exact) mass is 803 g/mol. The van der Waals surface area contributed by atoms with E-state index in [1.807, 2.05) is 24.3 Å². The number of benzene rings is 9. The molecular weight excluding hydrogens is 767 g/mol. The molecule has 294 valence electrons. The Hall–Kier alpha value is -8.54. The zero-order chi connectivity index (χ0) is 41.4. The van der Waals surface area contributed by atoms with Gasteiger partial charge in [-0.1, -0.05) is 164 Å². The zero-order valence-electron chi connectivity index (χ0n) is 34.1. The van der Waals surface area contributed by atoms with Crippen LogP contribution < -0.4 is 0 Å². The highest BCUT2D eigenvalue weighted by atomic mass is 15.1. The second-order valence-electron chi connectivity index (χ2n) is 16.2. The van der Waals surface area contributed by atoms with Gasteiger partial charge in [0.25, 0.3) is 0 Å². The third-order valence-corrected chi connectivity index (χ3v) is 12.7. The van der Waals surface area contributed by atoms with Gasteiger partial charge in [-0.15, -0.1) is 0 Å². The van der Waals surface area contributed by atoms with E-state index >= 15 is 0 Å². The van der Waals surface area contributed by atoms with Gasteiger partial charge in [0.2, 0.25) is 0 Å². The molecule has 5 heteroatoms. The van der Waals surface area contributed by atoms with Gasteiger partial charge in [-0.3, -0.25) is 0 Å². The van der Waals surface area contributed by atoms with Crippen molar-refractivity contribution in [2.24, 2.45) is 0 Å². The molecule has 0 spiro atoms. The SMILES string of the molecule is c1ccc(-c2cc(-c3ccc(-n4c5ccccc5c5cc(-n6c7ccccc7c7ccccc76)c(-n6c7ccccc7c7ccccc76)cc54)cc3)nc(-c3ccccc3)n2)cc1. The van der Waals surface area contributed by atoms with Crippen molar-refractivity contribution in [1.82, 2.24) is 23.7 Å². The molecule has 0 unspecified atom stereocenters. The molecule has 0 aliphatic carbocycles. The van der Waals surface area contributed by atoms with Crippen LogP contribution in [0, 0.1) is 0 Å². The van der Waals surface area contributed by atoms with Crippen LogP contribution in [0.2, 0.25) is 0 Å². The summed E-state index contributed by atoms with van der Waals surface area (Å²) in [6.45, 7) is 0. The fraction of sp³-hybridized carbons (Fsp3) is 0. The Labute approximate surface area is 363 Å². The third-order valence-electron chi connectivity index (χ3n) is 12.7. The second kappa shape index (κ2) is 14.0. The van der Waals surface area contributed by atoms with Crippen molar-refractivity contribution in [3.05, 3.63) is 224 Å². The predicted molar refractivity (Wildman–Crippen MR) is 261 cm³/mol. The highest BCUT2D eigenvalue weighted by Crippen LogP contribution is 2.42. The van der Waals surface area contributed by atoms with E-state index in [4.69, 9.17) is 9.97 Å². The van der Waals surface area contributed by atoms with Crippen LogP contribution in [0.3, 0.4) is 0 Å². The lowest BCUT2D eigenvalue weighted by Gasteiger charge is -2.18. The van der Waals surface area contributed by atoms with Crippen molar-refractivity contribution in [3.8, 4) is 51.0 Å². The van der Waals surface area contributed by atoms with Crippen molar-refractivity contribution in [2.75, 3.05) is 0 Å². The number of aromatic nitrogens is 5. The Morgan fingerprint density at radius 1 is 0.254 bits per heavy atom. The Bertz CT molecular complexity index is 3730. The number of para-hydroxylation sites is 5. The van der Waals surface area contributed by atoms with E-state index in [1.165, 1.54) is 54.4 Å². The second-order valence-corrected chi connectivity index (χ2v) is 16.2. The molecule has 4 aromatic heterocycles. The zero-order valence-corrected chi connectivity index (χ0v) is 34.1. The maximum absolute atomic E-state index is 5.14. The smallest absolute Gasteiger partial charge is 0.160 e. The third kappa shape index (κ3) is 5.50. The van der Waals surface area contributed by atoms with E-state index in [0.29, 0.717) is 5.82 Å². The predicted octanol–water partition coefficient (Wildman–Crippen LogP) is 14.8. The highest BCUT2D eigenvalue weighted by Gasteiger charge is 2.23. The summed E-state index contributed by atoms with van der Waals surface area (Å²) in [6, 6.07) is 80.4. The molecule has 0 amide bonds. The molecule has 4 heterocycles. The lowest BCUT2D eigenvalue weighted by atomic mass is 10.1. The van der Waals surface area contributed by atoms with Crippen molar-refractivity contribution in [2.45, 2.75) is 0 Å². The van der Waals surface area contributed by atoms with Gasteiger partial charge in [-0.2, -0.15) is 0 Å². The van der Waals surface area contributed by atoms with Crippen molar-refractivity contribution >= 4 is 65.4 Å².